The van der Waals surface area contributed by atoms with Crippen LogP contribution in [0.3, 0.4) is 0 Å². The highest BCUT2D eigenvalue weighted by molar-refractivity contribution is 5.87. The Morgan fingerprint density at radius 2 is 2.06 bits per heavy atom. The highest BCUT2D eigenvalue weighted by Gasteiger charge is 2.43. The summed E-state index contributed by atoms with van der Waals surface area (Å²) >= 11 is 0. The van der Waals surface area contributed by atoms with Crippen LogP contribution in [0.5, 0.6) is 0 Å². The van der Waals surface area contributed by atoms with Crippen LogP contribution < -0.4 is 0 Å². The average Bonchev–Trinajstić information content (AvgIpc) is 3.14. The number of carbonyl (C=O) groups is 2. The van der Waals surface area contributed by atoms with Crippen molar-refractivity contribution in [1.82, 2.24) is 0 Å². The molecule has 1 aliphatic rings. The lowest BCUT2D eigenvalue weighted by molar-refractivity contribution is -0.121. The molecule has 0 N–H and O–H groups in total. The van der Waals surface area contributed by atoms with Crippen molar-refractivity contribution in [2.24, 2.45) is 0 Å². The summed E-state index contributed by atoms with van der Waals surface area (Å²) in [4.78, 5) is 21.7. The third kappa shape index (κ3) is 3.49. The van der Waals surface area contributed by atoms with E-state index in [1.165, 1.54) is 5.56 Å². The summed E-state index contributed by atoms with van der Waals surface area (Å²) < 4.78 is 5.33. The van der Waals surface area contributed by atoms with Gasteiger partial charge in [0.05, 0.1) is 6.10 Å². The normalized spacial score (nSPS) is 22.1. The van der Waals surface area contributed by atoms with Gasteiger partial charge in [0.25, 0.3) is 0 Å². The molecule has 3 nitrogen and oxygen atoms in total. The second-order valence-corrected chi connectivity index (χ2v) is 4.29. The highest BCUT2D eigenvalue weighted by atomic mass is 16.6. The van der Waals surface area contributed by atoms with Gasteiger partial charge in [-0.3, -0.25) is 4.79 Å². The maximum atomic E-state index is 11.5. The lowest BCUT2D eigenvalue weighted by Crippen LogP contribution is -2.10. The topological polar surface area (TPSA) is 46.7 Å². The maximum absolute atomic E-state index is 11.5. The lowest BCUT2D eigenvalue weighted by atomic mass is 10.0. The van der Waals surface area contributed by atoms with Crippen molar-refractivity contribution >= 4 is 12.1 Å². The van der Waals surface area contributed by atoms with Gasteiger partial charge in [-0.25, -0.2) is 0 Å². The fraction of sp³-hybridized carbons (Fsp3) is 0.429. The van der Waals surface area contributed by atoms with Crippen molar-refractivity contribution in [3.63, 3.8) is 0 Å². The van der Waals surface area contributed by atoms with Crippen LogP contribution in [0.1, 0.15) is 24.8 Å². The quantitative estimate of drug-likeness (QED) is 0.533. The summed E-state index contributed by atoms with van der Waals surface area (Å²) in [7, 11) is 0. The molecule has 0 spiro atoms. The Balaban J connectivity index is 1.70. The van der Waals surface area contributed by atoms with Crippen LogP contribution in [0.25, 0.3) is 0 Å². The van der Waals surface area contributed by atoms with Gasteiger partial charge in [0, 0.05) is 12.8 Å². The van der Waals surface area contributed by atoms with Gasteiger partial charge in [0.2, 0.25) is 0 Å². The van der Waals surface area contributed by atoms with Crippen molar-refractivity contribution < 1.29 is 14.3 Å². The van der Waals surface area contributed by atoms with Crippen LogP contribution >= 0.6 is 0 Å². The molecule has 1 fully saturated rings. The number of epoxide rings is 1. The van der Waals surface area contributed by atoms with Crippen molar-refractivity contribution in [1.29, 1.82) is 0 Å². The number of benzene rings is 1. The Bertz CT molecular complexity index is 386. The summed E-state index contributed by atoms with van der Waals surface area (Å²) in [6.07, 6.45) is 3.03. The predicted molar refractivity (Wildman–Crippen MR) is 63.7 cm³/mol. The van der Waals surface area contributed by atoms with Crippen molar-refractivity contribution in [2.45, 2.75) is 37.9 Å². The van der Waals surface area contributed by atoms with E-state index in [-0.39, 0.29) is 18.0 Å². The van der Waals surface area contributed by atoms with Crippen molar-refractivity contribution in [3.8, 4) is 0 Å². The van der Waals surface area contributed by atoms with E-state index >= 15 is 0 Å². The summed E-state index contributed by atoms with van der Waals surface area (Å²) in [5.74, 6) is 0.0650. The van der Waals surface area contributed by atoms with Crippen molar-refractivity contribution in [2.75, 3.05) is 0 Å². The number of ketones is 1. The standard InChI is InChI=1S/C14H16O3/c15-10-4-7-12(16)14-13(17-14)9-8-11-5-2-1-3-6-11/h1-3,5-6,10,13-14H,4,7-9H2. The zero-order chi connectivity index (χ0) is 12.1. The molecule has 0 bridgehead atoms. The molecule has 3 heteroatoms. The number of ether oxygens (including phenoxy) is 1. The SMILES string of the molecule is O=CCCC(=O)C1OC1CCc1ccccc1. The van der Waals surface area contributed by atoms with Gasteiger partial charge in [-0.1, -0.05) is 30.3 Å². The van der Waals surface area contributed by atoms with Gasteiger partial charge in [0.15, 0.2) is 5.78 Å². The molecule has 2 atom stereocenters. The third-order valence-corrected chi connectivity index (χ3v) is 2.97. The molecule has 0 aliphatic carbocycles. The van der Waals surface area contributed by atoms with E-state index in [0.717, 1.165) is 19.1 Å². The van der Waals surface area contributed by atoms with E-state index in [0.29, 0.717) is 12.8 Å². The second-order valence-electron chi connectivity index (χ2n) is 4.29. The van der Waals surface area contributed by atoms with Crippen LogP contribution in [0.2, 0.25) is 0 Å². The molecule has 0 radical (unpaired) electrons. The zero-order valence-electron chi connectivity index (χ0n) is 9.67. The van der Waals surface area contributed by atoms with E-state index in [4.69, 9.17) is 4.74 Å². The van der Waals surface area contributed by atoms with E-state index in [2.05, 4.69) is 12.1 Å². The minimum atomic E-state index is -0.251. The fourth-order valence-corrected chi connectivity index (χ4v) is 1.94. The summed E-state index contributed by atoms with van der Waals surface area (Å²) in [5.41, 5.74) is 1.27. The van der Waals surface area contributed by atoms with Gasteiger partial charge in [-0.05, 0) is 18.4 Å². The highest BCUT2D eigenvalue weighted by Crippen LogP contribution is 2.28. The van der Waals surface area contributed by atoms with Gasteiger partial charge in [-0.15, -0.1) is 0 Å². The Morgan fingerprint density at radius 1 is 1.29 bits per heavy atom. The first-order chi connectivity index (χ1) is 8.31. The van der Waals surface area contributed by atoms with E-state index < -0.39 is 0 Å². The molecular formula is C14H16O3. The van der Waals surface area contributed by atoms with Gasteiger partial charge >= 0.3 is 0 Å². The molecule has 1 aromatic rings. The van der Waals surface area contributed by atoms with Crippen LogP contribution in [0.15, 0.2) is 30.3 Å². The van der Waals surface area contributed by atoms with E-state index in [9.17, 15) is 9.59 Å². The van der Waals surface area contributed by atoms with E-state index in [1.54, 1.807) is 0 Å². The first-order valence-electron chi connectivity index (χ1n) is 5.97. The summed E-state index contributed by atoms with van der Waals surface area (Å²) in [5, 5.41) is 0. The minimum absolute atomic E-state index is 0.0642. The van der Waals surface area contributed by atoms with E-state index in [1.807, 2.05) is 18.2 Å². The number of hydrogen-bond acceptors (Lipinski definition) is 3. The molecule has 2 rings (SSSR count). The second kappa shape index (κ2) is 5.73. The molecular weight excluding hydrogens is 216 g/mol. The van der Waals surface area contributed by atoms with Crippen LogP contribution in [-0.4, -0.2) is 24.3 Å². The molecule has 1 saturated heterocycles. The number of rotatable bonds is 7. The third-order valence-electron chi connectivity index (χ3n) is 2.97. The molecule has 2 unspecified atom stereocenters. The largest absolute Gasteiger partial charge is 0.361 e. The Hall–Kier alpha value is -1.48. The van der Waals surface area contributed by atoms with Crippen LogP contribution in [-0.2, 0) is 20.7 Å². The smallest absolute Gasteiger partial charge is 0.164 e. The molecule has 1 heterocycles. The predicted octanol–water partition coefficient (Wildman–Crippen LogP) is 1.93. The summed E-state index contributed by atoms with van der Waals surface area (Å²) in [6, 6.07) is 10.2. The maximum Gasteiger partial charge on any atom is 0.164 e. The number of aldehydes is 1. The van der Waals surface area contributed by atoms with Gasteiger partial charge in [0.1, 0.15) is 12.4 Å². The van der Waals surface area contributed by atoms with Crippen LogP contribution in [0, 0.1) is 0 Å². The Morgan fingerprint density at radius 3 is 2.76 bits per heavy atom. The first-order valence-corrected chi connectivity index (χ1v) is 5.97. The first kappa shape index (κ1) is 12.0. The number of hydrogen-bond donors (Lipinski definition) is 0. The Kier molecular flexibility index (Phi) is 4.04. The molecule has 1 aliphatic heterocycles. The van der Waals surface area contributed by atoms with Gasteiger partial charge in [-0.2, -0.15) is 0 Å². The molecule has 0 saturated carbocycles. The van der Waals surface area contributed by atoms with Crippen LogP contribution in [0.4, 0.5) is 0 Å². The molecule has 17 heavy (non-hydrogen) atoms. The fourth-order valence-electron chi connectivity index (χ4n) is 1.94. The van der Waals surface area contributed by atoms with Crippen molar-refractivity contribution in [3.05, 3.63) is 35.9 Å². The molecule has 0 amide bonds. The number of carbonyl (C=O) groups excluding carboxylic acids is 2. The number of Topliss-reactive ketones (excluding diaryl/α,β-unsaturated/α-hetero) is 1. The summed E-state index contributed by atoms with van der Waals surface area (Å²) in [6.45, 7) is 0. The Labute approximate surface area is 101 Å². The number of aryl methyl sites for hydroxylation is 1. The average molecular weight is 232 g/mol. The molecule has 90 valence electrons. The molecule has 1 aromatic carbocycles. The minimum Gasteiger partial charge on any atom is -0.361 e. The lowest BCUT2D eigenvalue weighted by Gasteiger charge is -1.97. The monoisotopic (exact) mass is 232 g/mol. The zero-order valence-corrected chi connectivity index (χ0v) is 9.67. The van der Waals surface area contributed by atoms with Gasteiger partial charge < -0.3 is 9.53 Å². The molecule has 0 aromatic heterocycles.